The third kappa shape index (κ3) is 1.25. The molecule has 1 saturated carbocycles. The molecule has 1 aromatic heterocycles. The summed E-state index contributed by atoms with van der Waals surface area (Å²) in [5, 5.41) is 0. The van der Waals surface area contributed by atoms with Crippen LogP contribution in [0, 0.1) is 0 Å². The van der Waals surface area contributed by atoms with Crippen LogP contribution in [-0.4, -0.2) is 16.7 Å². The van der Waals surface area contributed by atoms with Crippen molar-refractivity contribution in [3.8, 4) is 5.75 Å². The van der Waals surface area contributed by atoms with Crippen molar-refractivity contribution < 1.29 is 4.74 Å². The van der Waals surface area contributed by atoms with E-state index < -0.39 is 0 Å². The van der Waals surface area contributed by atoms with E-state index in [1.54, 1.807) is 7.11 Å². The van der Waals surface area contributed by atoms with Crippen molar-refractivity contribution in [1.29, 1.82) is 0 Å². The highest BCUT2D eigenvalue weighted by Gasteiger charge is 2.27. The summed E-state index contributed by atoms with van der Waals surface area (Å²) in [5.74, 6) is 0.788. The van der Waals surface area contributed by atoms with Crippen LogP contribution in [0.3, 0.4) is 0 Å². The van der Waals surface area contributed by atoms with Crippen LogP contribution in [0.1, 0.15) is 18.9 Å². The van der Waals surface area contributed by atoms with Gasteiger partial charge in [0.15, 0.2) is 0 Å². The third-order valence-corrected chi connectivity index (χ3v) is 2.84. The number of rotatable bonds is 2. The standard InChI is InChI=1S/C11H12N2O2/c1-15-8-4-5-9-10(6-8)13(7-2-3-7)11(14)12-9/h4-7H,2-3H2,1H3,(H,12,14). The van der Waals surface area contributed by atoms with Gasteiger partial charge in [-0.05, 0) is 25.0 Å². The van der Waals surface area contributed by atoms with Crippen molar-refractivity contribution in [2.45, 2.75) is 18.9 Å². The average Bonchev–Trinajstić information content (AvgIpc) is 3.00. The molecule has 0 radical (unpaired) electrons. The maximum atomic E-state index is 11.7. The van der Waals surface area contributed by atoms with Gasteiger partial charge in [-0.1, -0.05) is 0 Å². The van der Waals surface area contributed by atoms with Crippen LogP contribution in [0.25, 0.3) is 11.0 Å². The van der Waals surface area contributed by atoms with Gasteiger partial charge >= 0.3 is 5.69 Å². The van der Waals surface area contributed by atoms with E-state index in [9.17, 15) is 4.79 Å². The molecule has 0 unspecified atom stereocenters. The lowest BCUT2D eigenvalue weighted by Crippen LogP contribution is -2.14. The highest BCUT2D eigenvalue weighted by molar-refractivity contribution is 5.77. The number of aromatic amines is 1. The maximum absolute atomic E-state index is 11.7. The van der Waals surface area contributed by atoms with E-state index in [0.29, 0.717) is 6.04 Å². The molecule has 15 heavy (non-hydrogen) atoms. The summed E-state index contributed by atoms with van der Waals surface area (Å²) in [7, 11) is 1.63. The van der Waals surface area contributed by atoms with E-state index in [1.165, 1.54) is 0 Å². The fraction of sp³-hybridized carbons (Fsp3) is 0.364. The Morgan fingerprint density at radius 2 is 2.27 bits per heavy atom. The second-order valence-corrected chi connectivity index (χ2v) is 3.91. The number of ether oxygens (including phenoxy) is 1. The van der Waals surface area contributed by atoms with Crippen molar-refractivity contribution in [2.75, 3.05) is 7.11 Å². The first-order valence-electron chi connectivity index (χ1n) is 5.08. The summed E-state index contributed by atoms with van der Waals surface area (Å²) in [6.07, 6.45) is 2.20. The van der Waals surface area contributed by atoms with Gasteiger partial charge in [-0.2, -0.15) is 0 Å². The Hall–Kier alpha value is -1.71. The minimum atomic E-state index is -0.0132. The molecule has 0 bridgehead atoms. The minimum Gasteiger partial charge on any atom is -0.497 e. The van der Waals surface area contributed by atoms with Gasteiger partial charge in [0.2, 0.25) is 0 Å². The molecule has 1 fully saturated rings. The van der Waals surface area contributed by atoms with Gasteiger partial charge in [-0.15, -0.1) is 0 Å². The minimum absolute atomic E-state index is 0.0132. The van der Waals surface area contributed by atoms with Gasteiger partial charge in [0.1, 0.15) is 5.75 Å². The van der Waals surface area contributed by atoms with Crippen molar-refractivity contribution in [3.05, 3.63) is 28.7 Å². The Kier molecular flexibility index (Phi) is 1.65. The molecular formula is C11H12N2O2. The fourth-order valence-electron chi connectivity index (χ4n) is 1.92. The van der Waals surface area contributed by atoms with Gasteiger partial charge in [0.05, 0.1) is 18.1 Å². The second-order valence-electron chi connectivity index (χ2n) is 3.91. The lowest BCUT2D eigenvalue weighted by molar-refractivity contribution is 0.415. The van der Waals surface area contributed by atoms with Crippen LogP contribution in [0.5, 0.6) is 5.75 Å². The highest BCUT2D eigenvalue weighted by Crippen LogP contribution is 2.36. The normalized spacial score (nSPS) is 15.8. The quantitative estimate of drug-likeness (QED) is 0.808. The van der Waals surface area contributed by atoms with Gasteiger partial charge in [-0.3, -0.25) is 4.57 Å². The molecule has 2 aromatic rings. The maximum Gasteiger partial charge on any atom is 0.326 e. The molecule has 0 amide bonds. The first-order chi connectivity index (χ1) is 7.29. The first-order valence-corrected chi connectivity index (χ1v) is 5.08. The van der Waals surface area contributed by atoms with Crippen LogP contribution < -0.4 is 10.4 Å². The number of nitrogens with one attached hydrogen (secondary N) is 1. The Labute approximate surface area is 86.5 Å². The van der Waals surface area contributed by atoms with Crippen molar-refractivity contribution in [3.63, 3.8) is 0 Å². The van der Waals surface area contributed by atoms with Crippen LogP contribution in [0.4, 0.5) is 0 Å². The van der Waals surface area contributed by atoms with E-state index in [-0.39, 0.29) is 5.69 Å². The zero-order valence-corrected chi connectivity index (χ0v) is 8.49. The molecule has 1 aliphatic rings. The molecule has 1 aromatic carbocycles. The molecule has 1 heterocycles. The number of nitrogens with zero attached hydrogens (tertiary/aromatic N) is 1. The lowest BCUT2D eigenvalue weighted by atomic mass is 10.3. The Bertz CT molecular complexity index is 563. The van der Waals surface area contributed by atoms with E-state index in [0.717, 1.165) is 29.6 Å². The summed E-state index contributed by atoms with van der Waals surface area (Å²) in [4.78, 5) is 14.5. The van der Waals surface area contributed by atoms with E-state index in [1.807, 2.05) is 22.8 Å². The Morgan fingerprint density at radius 3 is 2.93 bits per heavy atom. The fourth-order valence-corrected chi connectivity index (χ4v) is 1.92. The molecule has 1 aliphatic carbocycles. The predicted molar refractivity (Wildman–Crippen MR) is 57.4 cm³/mol. The number of hydrogen-bond acceptors (Lipinski definition) is 2. The summed E-state index contributed by atoms with van der Waals surface area (Å²) >= 11 is 0. The van der Waals surface area contributed by atoms with Crippen molar-refractivity contribution in [2.24, 2.45) is 0 Å². The number of imidazole rings is 1. The topological polar surface area (TPSA) is 47.0 Å². The number of fused-ring (bicyclic) bond motifs is 1. The van der Waals surface area contributed by atoms with Gasteiger partial charge in [0, 0.05) is 12.1 Å². The molecular weight excluding hydrogens is 192 g/mol. The van der Waals surface area contributed by atoms with Gasteiger partial charge in [-0.25, -0.2) is 4.79 Å². The zero-order valence-electron chi connectivity index (χ0n) is 8.49. The van der Waals surface area contributed by atoms with Crippen molar-refractivity contribution >= 4 is 11.0 Å². The first kappa shape index (κ1) is 8.59. The van der Waals surface area contributed by atoms with E-state index in [2.05, 4.69) is 4.98 Å². The Morgan fingerprint density at radius 1 is 1.47 bits per heavy atom. The molecule has 0 atom stereocenters. The van der Waals surface area contributed by atoms with Crippen molar-refractivity contribution in [1.82, 2.24) is 9.55 Å². The molecule has 3 rings (SSSR count). The molecule has 4 heteroatoms. The largest absolute Gasteiger partial charge is 0.497 e. The molecule has 0 aliphatic heterocycles. The Balaban J connectivity index is 2.31. The predicted octanol–water partition coefficient (Wildman–Crippen LogP) is 1.67. The summed E-state index contributed by atoms with van der Waals surface area (Å²) in [6.45, 7) is 0. The van der Waals surface area contributed by atoms with E-state index in [4.69, 9.17) is 4.74 Å². The summed E-state index contributed by atoms with van der Waals surface area (Å²) in [6, 6.07) is 6.04. The number of hydrogen-bond donors (Lipinski definition) is 1. The zero-order chi connectivity index (χ0) is 10.4. The molecule has 4 nitrogen and oxygen atoms in total. The van der Waals surface area contributed by atoms with Crippen LogP contribution in [-0.2, 0) is 0 Å². The molecule has 78 valence electrons. The highest BCUT2D eigenvalue weighted by atomic mass is 16.5. The average molecular weight is 204 g/mol. The second kappa shape index (κ2) is 2.89. The molecule has 0 saturated heterocycles. The molecule has 0 spiro atoms. The lowest BCUT2D eigenvalue weighted by Gasteiger charge is -2.02. The van der Waals surface area contributed by atoms with E-state index >= 15 is 0 Å². The molecule has 1 N–H and O–H groups in total. The smallest absolute Gasteiger partial charge is 0.326 e. The van der Waals surface area contributed by atoms with Crippen LogP contribution in [0.15, 0.2) is 23.0 Å². The van der Waals surface area contributed by atoms with Crippen LogP contribution >= 0.6 is 0 Å². The van der Waals surface area contributed by atoms with Gasteiger partial charge < -0.3 is 9.72 Å². The number of methoxy groups -OCH3 is 1. The number of benzene rings is 1. The number of H-pyrrole nitrogens is 1. The van der Waals surface area contributed by atoms with Crippen LogP contribution in [0.2, 0.25) is 0 Å². The third-order valence-electron chi connectivity index (χ3n) is 2.84. The number of aromatic nitrogens is 2. The SMILES string of the molecule is COc1ccc2[nH]c(=O)n(C3CC3)c2c1. The summed E-state index contributed by atoms with van der Waals surface area (Å²) < 4.78 is 6.99. The summed E-state index contributed by atoms with van der Waals surface area (Å²) in [5.41, 5.74) is 1.82. The van der Waals surface area contributed by atoms with Gasteiger partial charge in [0.25, 0.3) is 0 Å². The monoisotopic (exact) mass is 204 g/mol.